The quantitative estimate of drug-likeness (QED) is 0.498. The number of thiophene rings is 1. The Morgan fingerprint density at radius 2 is 2.00 bits per heavy atom. The minimum atomic E-state index is -0.256. The molecule has 0 aliphatic carbocycles. The zero-order chi connectivity index (χ0) is 22.0. The van der Waals surface area contributed by atoms with Gasteiger partial charge in [0.1, 0.15) is 17.1 Å². The molecule has 0 saturated carbocycles. The van der Waals surface area contributed by atoms with Gasteiger partial charge in [-0.05, 0) is 48.2 Å². The zero-order valence-corrected chi connectivity index (χ0v) is 18.5. The lowest BCUT2D eigenvalue weighted by atomic mass is 10.0. The molecular weight excluding hydrogens is 410 g/mol. The van der Waals surface area contributed by atoms with Crippen molar-refractivity contribution in [3.05, 3.63) is 81.2 Å². The van der Waals surface area contributed by atoms with Crippen molar-refractivity contribution < 1.29 is 9.53 Å². The number of amides is 1. The van der Waals surface area contributed by atoms with E-state index < -0.39 is 0 Å². The predicted octanol–water partition coefficient (Wildman–Crippen LogP) is 4.07. The molecule has 0 aliphatic heterocycles. The molecule has 0 fully saturated rings. The number of hydrogen-bond donors (Lipinski definition) is 1. The molecule has 6 nitrogen and oxygen atoms in total. The summed E-state index contributed by atoms with van der Waals surface area (Å²) >= 11 is 1.43. The summed E-state index contributed by atoms with van der Waals surface area (Å²) in [6.07, 6.45) is 1.44. The molecule has 1 N–H and O–H groups in total. The highest BCUT2D eigenvalue weighted by Gasteiger charge is 2.15. The van der Waals surface area contributed by atoms with E-state index >= 15 is 0 Å². The maximum absolute atomic E-state index is 13.2. The third-order valence-corrected chi connectivity index (χ3v) is 6.20. The van der Waals surface area contributed by atoms with Crippen LogP contribution >= 0.6 is 11.3 Å². The van der Waals surface area contributed by atoms with Crippen LogP contribution in [0.2, 0.25) is 0 Å². The van der Waals surface area contributed by atoms with Crippen LogP contribution in [0, 0.1) is 13.8 Å². The van der Waals surface area contributed by atoms with E-state index in [1.165, 1.54) is 27.8 Å². The number of aromatic nitrogens is 2. The Bertz CT molecular complexity index is 1320. The van der Waals surface area contributed by atoms with Gasteiger partial charge in [-0.2, -0.15) is 0 Å². The zero-order valence-electron chi connectivity index (χ0n) is 17.6. The van der Waals surface area contributed by atoms with E-state index in [9.17, 15) is 9.59 Å². The van der Waals surface area contributed by atoms with E-state index in [0.717, 1.165) is 28.0 Å². The Morgan fingerprint density at radius 3 is 2.77 bits per heavy atom. The lowest BCUT2D eigenvalue weighted by Gasteiger charge is -2.09. The van der Waals surface area contributed by atoms with Gasteiger partial charge in [0.25, 0.3) is 5.56 Å². The fourth-order valence-electron chi connectivity index (χ4n) is 3.40. The molecule has 0 bridgehead atoms. The second kappa shape index (κ2) is 8.73. The number of ether oxygens (including phenoxy) is 1. The third kappa shape index (κ3) is 4.36. The molecule has 0 unspecified atom stereocenters. The molecule has 2 heterocycles. The standard InChI is InChI=1S/C24H23N3O3S/c1-15-7-8-18(9-16(15)2)20-13-31-23-22(20)24(29)27(14-26-23)12-21(28)25-11-17-5-4-6-19(10-17)30-3/h4-10,13-14H,11-12H2,1-3H3,(H,25,28). The number of hydrogen-bond acceptors (Lipinski definition) is 5. The molecule has 2 aromatic heterocycles. The minimum absolute atomic E-state index is 0.0893. The van der Waals surface area contributed by atoms with E-state index in [1.807, 2.05) is 35.7 Å². The Morgan fingerprint density at radius 1 is 1.16 bits per heavy atom. The molecule has 4 rings (SSSR count). The van der Waals surface area contributed by atoms with Crippen molar-refractivity contribution in [2.75, 3.05) is 7.11 Å². The Labute approximate surface area is 184 Å². The van der Waals surface area contributed by atoms with Gasteiger partial charge in [0.05, 0.1) is 18.8 Å². The first-order chi connectivity index (χ1) is 15.0. The van der Waals surface area contributed by atoms with Gasteiger partial charge in [0, 0.05) is 17.5 Å². The molecule has 2 aromatic carbocycles. The van der Waals surface area contributed by atoms with Crippen LogP contribution in [0.25, 0.3) is 21.3 Å². The molecule has 0 aliphatic rings. The number of carbonyl (C=O) groups is 1. The fraction of sp³-hybridized carbons (Fsp3) is 0.208. The van der Waals surface area contributed by atoms with Gasteiger partial charge >= 0.3 is 0 Å². The van der Waals surface area contributed by atoms with Crippen molar-refractivity contribution in [1.82, 2.24) is 14.9 Å². The van der Waals surface area contributed by atoms with Crippen molar-refractivity contribution in [3.63, 3.8) is 0 Å². The van der Waals surface area contributed by atoms with E-state index in [4.69, 9.17) is 4.74 Å². The minimum Gasteiger partial charge on any atom is -0.497 e. The Kier molecular flexibility index (Phi) is 5.86. The molecule has 7 heteroatoms. The first kappa shape index (κ1) is 20.8. The number of aryl methyl sites for hydroxylation is 2. The first-order valence-electron chi connectivity index (χ1n) is 9.90. The maximum atomic E-state index is 13.2. The lowest BCUT2D eigenvalue weighted by molar-refractivity contribution is -0.121. The first-order valence-corrected chi connectivity index (χ1v) is 10.8. The van der Waals surface area contributed by atoms with Crippen LogP contribution in [0.3, 0.4) is 0 Å². The van der Waals surface area contributed by atoms with Gasteiger partial charge in [-0.25, -0.2) is 4.98 Å². The number of nitrogens with zero attached hydrogens (tertiary/aromatic N) is 2. The SMILES string of the molecule is COc1cccc(CNC(=O)Cn2cnc3scc(-c4ccc(C)c(C)c4)c3c2=O)c1. The normalized spacial score (nSPS) is 10.9. The van der Waals surface area contributed by atoms with Crippen molar-refractivity contribution in [2.45, 2.75) is 26.9 Å². The largest absolute Gasteiger partial charge is 0.497 e. The predicted molar refractivity (Wildman–Crippen MR) is 124 cm³/mol. The van der Waals surface area contributed by atoms with Crippen LogP contribution in [0.15, 0.2) is 59.0 Å². The number of rotatable bonds is 6. The summed E-state index contributed by atoms with van der Waals surface area (Å²) in [5.41, 5.74) is 4.91. The van der Waals surface area contributed by atoms with Crippen molar-refractivity contribution in [1.29, 1.82) is 0 Å². The maximum Gasteiger partial charge on any atom is 0.263 e. The van der Waals surface area contributed by atoms with Gasteiger partial charge in [-0.15, -0.1) is 11.3 Å². The smallest absolute Gasteiger partial charge is 0.263 e. The Hall–Kier alpha value is -3.45. The van der Waals surface area contributed by atoms with Crippen LogP contribution < -0.4 is 15.6 Å². The molecule has 31 heavy (non-hydrogen) atoms. The number of fused-ring (bicyclic) bond motifs is 1. The van der Waals surface area contributed by atoms with Crippen molar-refractivity contribution in [2.24, 2.45) is 0 Å². The summed E-state index contributed by atoms with van der Waals surface area (Å²) in [6.45, 7) is 4.38. The van der Waals surface area contributed by atoms with Crippen LogP contribution in [-0.4, -0.2) is 22.6 Å². The molecular formula is C24H23N3O3S. The van der Waals surface area contributed by atoms with E-state index in [2.05, 4.69) is 36.3 Å². The second-order valence-corrected chi connectivity index (χ2v) is 8.29. The second-order valence-electron chi connectivity index (χ2n) is 7.43. The van der Waals surface area contributed by atoms with Gasteiger partial charge in [0.15, 0.2) is 0 Å². The molecule has 0 saturated heterocycles. The van der Waals surface area contributed by atoms with Crippen LogP contribution in [-0.2, 0) is 17.9 Å². The van der Waals surface area contributed by atoms with Crippen LogP contribution in [0.5, 0.6) is 5.75 Å². The topological polar surface area (TPSA) is 73.2 Å². The summed E-state index contributed by atoms with van der Waals surface area (Å²) < 4.78 is 6.56. The van der Waals surface area contributed by atoms with E-state index in [1.54, 1.807) is 7.11 Å². The van der Waals surface area contributed by atoms with Gasteiger partial charge in [-0.1, -0.05) is 30.3 Å². The summed E-state index contributed by atoms with van der Waals surface area (Å²) in [5, 5.41) is 5.36. The molecule has 158 valence electrons. The van der Waals surface area contributed by atoms with E-state index in [-0.39, 0.29) is 18.0 Å². The number of carbonyl (C=O) groups excluding carboxylic acids is 1. The Balaban J connectivity index is 1.57. The van der Waals surface area contributed by atoms with Crippen LogP contribution in [0.4, 0.5) is 0 Å². The van der Waals surface area contributed by atoms with Crippen molar-refractivity contribution in [3.8, 4) is 16.9 Å². The average Bonchev–Trinajstić information content (AvgIpc) is 3.21. The molecule has 0 radical (unpaired) electrons. The summed E-state index contributed by atoms with van der Waals surface area (Å²) in [5.74, 6) is 0.475. The number of methoxy groups -OCH3 is 1. The highest BCUT2D eigenvalue weighted by molar-refractivity contribution is 7.17. The van der Waals surface area contributed by atoms with Crippen LogP contribution in [0.1, 0.15) is 16.7 Å². The molecule has 4 aromatic rings. The summed E-state index contributed by atoms with van der Waals surface area (Å²) in [4.78, 5) is 30.7. The fourth-order valence-corrected chi connectivity index (χ4v) is 4.30. The molecule has 0 atom stereocenters. The average molecular weight is 434 g/mol. The lowest BCUT2D eigenvalue weighted by Crippen LogP contribution is -2.32. The van der Waals surface area contributed by atoms with E-state index in [0.29, 0.717) is 16.8 Å². The molecule has 1 amide bonds. The summed E-state index contributed by atoms with van der Waals surface area (Å²) in [7, 11) is 1.60. The molecule has 0 spiro atoms. The summed E-state index contributed by atoms with van der Waals surface area (Å²) in [6, 6.07) is 13.6. The van der Waals surface area contributed by atoms with Gasteiger partial charge < -0.3 is 10.1 Å². The van der Waals surface area contributed by atoms with Gasteiger partial charge in [0.2, 0.25) is 5.91 Å². The number of benzene rings is 2. The highest BCUT2D eigenvalue weighted by Crippen LogP contribution is 2.31. The highest BCUT2D eigenvalue weighted by atomic mass is 32.1. The van der Waals surface area contributed by atoms with Gasteiger partial charge in [-0.3, -0.25) is 14.2 Å². The number of nitrogens with one attached hydrogen (secondary N) is 1. The van der Waals surface area contributed by atoms with Crippen molar-refractivity contribution >= 4 is 27.5 Å². The third-order valence-electron chi connectivity index (χ3n) is 5.32. The monoisotopic (exact) mass is 433 g/mol.